The van der Waals surface area contributed by atoms with Crippen molar-refractivity contribution in [1.82, 2.24) is 15.2 Å². The maximum Gasteiger partial charge on any atom is 0.327 e. The molecular formula is C19H18Cl2N4O5S. The van der Waals surface area contributed by atoms with Crippen LogP contribution in [0, 0.1) is 0 Å². The number of nitrogens with one attached hydrogen (secondary N) is 2. The van der Waals surface area contributed by atoms with Crippen molar-refractivity contribution in [3.63, 3.8) is 0 Å². The van der Waals surface area contributed by atoms with Gasteiger partial charge in [-0.3, -0.25) is 24.6 Å². The highest BCUT2D eigenvalue weighted by Crippen LogP contribution is 2.30. The highest BCUT2D eigenvalue weighted by Gasteiger charge is 2.45. The fraction of sp³-hybridized carbons (Fsp3) is 0.316. The molecule has 0 radical (unpaired) electrons. The average Bonchev–Trinajstić information content (AvgIpc) is 3.22. The van der Waals surface area contributed by atoms with Crippen LogP contribution in [-0.2, 0) is 19.1 Å². The fourth-order valence-electron chi connectivity index (χ4n) is 2.70. The van der Waals surface area contributed by atoms with Crippen molar-refractivity contribution in [3.8, 4) is 11.3 Å². The summed E-state index contributed by atoms with van der Waals surface area (Å²) in [6.45, 7) is 3.82. The summed E-state index contributed by atoms with van der Waals surface area (Å²) in [5, 5.41) is 7.84. The van der Waals surface area contributed by atoms with Gasteiger partial charge in [0.05, 0.1) is 15.7 Å². The molecule has 1 atom stereocenters. The lowest BCUT2D eigenvalue weighted by atomic mass is 10.1. The Morgan fingerprint density at radius 2 is 2.00 bits per heavy atom. The lowest BCUT2D eigenvalue weighted by Gasteiger charge is -2.17. The summed E-state index contributed by atoms with van der Waals surface area (Å²) in [5.74, 6) is -2.05. The molecule has 1 aliphatic rings. The largest absolute Gasteiger partial charge is 0.451 e. The summed E-state index contributed by atoms with van der Waals surface area (Å²) in [7, 11) is 0. The van der Waals surface area contributed by atoms with E-state index < -0.39 is 42.0 Å². The lowest BCUT2D eigenvalue weighted by Crippen LogP contribution is -2.42. The van der Waals surface area contributed by atoms with Crippen LogP contribution in [0.5, 0.6) is 0 Å². The van der Waals surface area contributed by atoms with Crippen molar-refractivity contribution >= 4 is 63.5 Å². The Hall–Kier alpha value is -2.69. The number of ether oxygens (including phenoxy) is 1. The number of urea groups is 1. The van der Waals surface area contributed by atoms with Crippen molar-refractivity contribution in [3.05, 3.63) is 33.6 Å². The highest BCUT2D eigenvalue weighted by molar-refractivity contribution is 7.14. The molecule has 2 aromatic rings. The Balaban J connectivity index is 1.57. The van der Waals surface area contributed by atoms with E-state index in [4.69, 9.17) is 27.9 Å². The molecule has 0 saturated carbocycles. The third-order valence-electron chi connectivity index (χ3n) is 4.36. The molecule has 0 spiro atoms. The molecule has 1 aromatic carbocycles. The zero-order valence-electron chi connectivity index (χ0n) is 16.7. The van der Waals surface area contributed by atoms with Crippen LogP contribution in [0.3, 0.4) is 0 Å². The summed E-state index contributed by atoms with van der Waals surface area (Å²) in [5.41, 5.74) is 0.212. The number of anilines is 1. The second-order valence-corrected chi connectivity index (χ2v) is 8.91. The van der Waals surface area contributed by atoms with Crippen LogP contribution in [0.4, 0.5) is 9.93 Å². The summed E-state index contributed by atoms with van der Waals surface area (Å²) in [6, 6.07) is 4.36. The number of thiazole rings is 1. The number of imide groups is 1. The summed E-state index contributed by atoms with van der Waals surface area (Å²) in [6.07, 6.45) is -1.17. The van der Waals surface area contributed by atoms with Gasteiger partial charge in [0.2, 0.25) is 0 Å². The van der Waals surface area contributed by atoms with Gasteiger partial charge in [0.15, 0.2) is 11.2 Å². The minimum Gasteiger partial charge on any atom is -0.451 e. The van der Waals surface area contributed by atoms with Crippen LogP contribution in [0.1, 0.15) is 20.8 Å². The van der Waals surface area contributed by atoms with E-state index in [1.165, 1.54) is 32.1 Å². The molecule has 12 heteroatoms. The average molecular weight is 485 g/mol. The second kappa shape index (κ2) is 8.81. The maximum atomic E-state index is 12.3. The van der Waals surface area contributed by atoms with Crippen LogP contribution in [0.15, 0.2) is 23.6 Å². The Morgan fingerprint density at radius 3 is 2.61 bits per heavy atom. The monoisotopic (exact) mass is 484 g/mol. The number of halogens is 2. The quantitative estimate of drug-likeness (QED) is 0.479. The highest BCUT2D eigenvalue weighted by atomic mass is 35.5. The molecule has 9 nitrogen and oxygen atoms in total. The molecule has 0 bridgehead atoms. The number of nitrogens with zero attached hydrogens (tertiary/aromatic N) is 2. The van der Waals surface area contributed by atoms with Crippen LogP contribution in [-0.4, -0.2) is 51.9 Å². The first-order valence-corrected chi connectivity index (χ1v) is 10.7. The zero-order chi connectivity index (χ0) is 22.9. The standard InChI is InChI=1S/C19H18Cl2N4O5S/c1-9(30-14(26)7-25-16(28)19(2,3)24-18(25)29)15(27)23-17-22-13(8-31-17)10-4-5-11(20)12(21)6-10/h4-6,8-9H,7H2,1-3H3,(H,24,29)(H,22,23,27)/t9-/m1/s1. The molecule has 2 N–H and O–H groups in total. The predicted octanol–water partition coefficient (Wildman–Crippen LogP) is 3.32. The van der Waals surface area contributed by atoms with Crippen LogP contribution < -0.4 is 10.6 Å². The molecule has 1 saturated heterocycles. The fourth-order valence-corrected chi connectivity index (χ4v) is 3.73. The van der Waals surface area contributed by atoms with E-state index in [0.29, 0.717) is 20.9 Å². The number of hydrogen-bond acceptors (Lipinski definition) is 7. The van der Waals surface area contributed by atoms with Crippen LogP contribution in [0.25, 0.3) is 11.3 Å². The number of benzene rings is 1. The van der Waals surface area contributed by atoms with Crippen molar-refractivity contribution in [2.45, 2.75) is 32.4 Å². The molecule has 0 unspecified atom stereocenters. The van der Waals surface area contributed by atoms with Gasteiger partial charge in [0, 0.05) is 10.9 Å². The number of hydrogen-bond donors (Lipinski definition) is 2. The van der Waals surface area contributed by atoms with E-state index in [1.54, 1.807) is 23.6 Å². The number of esters is 1. The third kappa shape index (κ3) is 5.15. The molecule has 4 amide bonds. The van der Waals surface area contributed by atoms with E-state index in [-0.39, 0.29) is 0 Å². The number of aromatic nitrogens is 1. The topological polar surface area (TPSA) is 118 Å². The second-order valence-electron chi connectivity index (χ2n) is 7.23. The minimum absolute atomic E-state index is 0.296. The van der Waals surface area contributed by atoms with E-state index in [2.05, 4.69) is 15.6 Å². The maximum absolute atomic E-state index is 12.3. The van der Waals surface area contributed by atoms with Gasteiger partial charge in [0.1, 0.15) is 12.1 Å². The normalized spacial score (nSPS) is 16.1. The Bertz CT molecular complexity index is 1070. The van der Waals surface area contributed by atoms with E-state index in [1.807, 2.05) is 0 Å². The van der Waals surface area contributed by atoms with Crippen molar-refractivity contribution in [2.24, 2.45) is 0 Å². The van der Waals surface area contributed by atoms with Gasteiger partial charge in [0.25, 0.3) is 11.8 Å². The van der Waals surface area contributed by atoms with Crippen molar-refractivity contribution in [2.75, 3.05) is 11.9 Å². The van der Waals surface area contributed by atoms with E-state index in [0.717, 1.165) is 10.5 Å². The molecule has 0 aliphatic carbocycles. The van der Waals surface area contributed by atoms with Crippen molar-refractivity contribution < 1.29 is 23.9 Å². The molecule has 1 aliphatic heterocycles. The van der Waals surface area contributed by atoms with Gasteiger partial charge in [-0.25, -0.2) is 9.78 Å². The molecule has 31 heavy (non-hydrogen) atoms. The van der Waals surface area contributed by atoms with Gasteiger partial charge < -0.3 is 10.1 Å². The summed E-state index contributed by atoms with van der Waals surface area (Å²) >= 11 is 13.1. The van der Waals surface area contributed by atoms with Gasteiger partial charge in [-0.1, -0.05) is 29.3 Å². The number of carbonyl (C=O) groups is 4. The van der Waals surface area contributed by atoms with Crippen LogP contribution >= 0.6 is 34.5 Å². The summed E-state index contributed by atoms with van der Waals surface area (Å²) < 4.78 is 5.05. The van der Waals surface area contributed by atoms with E-state index >= 15 is 0 Å². The molecule has 1 fully saturated rings. The Kier molecular flexibility index (Phi) is 6.54. The molecule has 2 heterocycles. The SMILES string of the molecule is C[C@@H](OC(=O)CN1C(=O)NC(C)(C)C1=O)C(=O)Nc1nc(-c2ccc(Cl)c(Cl)c2)cs1. The third-order valence-corrected chi connectivity index (χ3v) is 5.86. The first-order valence-electron chi connectivity index (χ1n) is 9.03. The van der Waals surface area contributed by atoms with Gasteiger partial charge in [-0.15, -0.1) is 11.3 Å². The van der Waals surface area contributed by atoms with Gasteiger partial charge >= 0.3 is 12.0 Å². The zero-order valence-corrected chi connectivity index (χ0v) is 19.0. The smallest absolute Gasteiger partial charge is 0.327 e. The Morgan fingerprint density at radius 1 is 1.29 bits per heavy atom. The molecular weight excluding hydrogens is 467 g/mol. The first kappa shape index (κ1) is 23.0. The lowest BCUT2D eigenvalue weighted by molar-refractivity contribution is -0.155. The number of amides is 4. The Labute approximate surface area is 191 Å². The first-order chi connectivity index (χ1) is 14.5. The molecule has 1 aromatic heterocycles. The van der Waals surface area contributed by atoms with Gasteiger partial charge in [-0.05, 0) is 32.9 Å². The number of carbonyl (C=O) groups excluding carboxylic acids is 4. The van der Waals surface area contributed by atoms with Gasteiger partial charge in [-0.2, -0.15) is 0 Å². The van der Waals surface area contributed by atoms with Crippen LogP contribution in [0.2, 0.25) is 10.0 Å². The predicted molar refractivity (Wildman–Crippen MR) is 116 cm³/mol. The minimum atomic E-state index is -1.17. The molecule has 164 valence electrons. The number of rotatable bonds is 6. The van der Waals surface area contributed by atoms with E-state index in [9.17, 15) is 19.2 Å². The van der Waals surface area contributed by atoms with Crippen molar-refractivity contribution in [1.29, 1.82) is 0 Å². The molecule has 3 rings (SSSR count). The summed E-state index contributed by atoms with van der Waals surface area (Å²) in [4.78, 5) is 53.5.